The molecule has 0 amide bonds. The maximum absolute atomic E-state index is 13.4. The zero-order chi connectivity index (χ0) is 14.7. The molecule has 0 spiro atoms. The molecule has 0 saturated carbocycles. The molecule has 2 aromatic rings. The van der Waals surface area contributed by atoms with E-state index in [2.05, 4.69) is 29.4 Å². The minimum atomic E-state index is -0.161. The van der Waals surface area contributed by atoms with Crippen LogP contribution in [0.5, 0.6) is 0 Å². The van der Waals surface area contributed by atoms with Crippen LogP contribution in [0.4, 0.5) is 4.39 Å². The van der Waals surface area contributed by atoms with Crippen molar-refractivity contribution >= 4 is 0 Å². The zero-order valence-electron chi connectivity index (χ0n) is 12.5. The Kier molecular flexibility index (Phi) is 4.50. The van der Waals surface area contributed by atoms with E-state index >= 15 is 0 Å². The highest BCUT2D eigenvalue weighted by Crippen LogP contribution is 2.24. The first kappa shape index (κ1) is 14.7. The lowest BCUT2D eigenvalue weighted by Gasteiger charge is -2.20. The van der Waals surface area contributed by atoms with Crippen LogP contribution in [0.1, 0.15) is 41.0 Å². The van der Waals surface area contributed by atoms with Crippen LogP contribution >= 0.6 is 0 Å². The van der Waals surface area contributed by atoms with E-state index in [0.29, 0.717) is 5.56 Å². The van der Waals surface area contributed by atoms with Crippen LogP contribution in [-0.2, 0) is 0 Å². The standard InChI is InChI=1S/C17H21FN2/c1-5-19-17(14-6-7-16(18)11(2)8-14)15-9-12(3)20-13(4)10-15/h6-10,17,19H,5H2,1-4H3. The van der Waals surface area contributed by atoms with E-state index in [4.69, 9.17) is 0 Å². The minimum Gasteiger partial charge on any atom is -0.307 e. The molecule has 2 nitrogen and oxygen atoms in total. The minimum absolute atomic E-state index is 0.0692. The number of nitrogens with zero attached hydrogens (tertiary/aromatic N) is 1. The molecule has 1 N–H and O–H groups in total. The molecule has 106 valence electrons. The number of aromatic nitrogens is 1. The molecule has 2 rings (SSSR count). The Bertz CT molecular complexity index is 588. The molecule has 0 bridgehead atoms. The van der Waals surface area contributed by atoms with Gasteiger partial charge in [0.05, 0.1) is 6.04 Å². The van der Waals surface area contributed by atoms with Crippen molar-refractivity contribution in [3.63, 3.8) is 0 Å². The fourth-order valence-corrected chi connectivity index (χ4v) is 2.51. The number of hydrogen-bond donors (Lipinski definition) is 1. The van der Waals surface area contributed by atoms with Crippen molar-refractivity contribution in [2.75, 3.05) is 6.54 Å². The average molecular weight is 272 g/mol. The Labute approximate surface area is 120 Å². The van der Waals surface area contributed by atoms with Crippen molar-refractivity contribution < 1.29 is 4.39 Å². The molecule has 0 aliphatic carbocycles. The monoisotopic (exact) mass is 272 g/mol. The van der Waals surface area contributed by atoms with Crippen LogP contribution in [0.3, 0.4) is 0 Å². The van der Waals surface area contributed by atoms with Crippen LogP contribution in [0.2, 0.25) is 0 Å². The fraction of sp³-hybridized carbons (Fsp3) is 0.353. The van der Waals surface area contributed by atoms with Gasteiger partial charge < -0.3 is 5.32 Å². The number of aryl methyl sites for hydroxylation is 3. The molecular formula is C17H21FN2. The van der Waals surface area contributed by atoms with Crippen molar-refractivity contribution in [2.24, 2.45) is 0 Å². The second kappa shape index (κ2) is 6.14. The van der Waals surface area contributed by atoms with E-state index in [9.17, 15) is 4.39 Å². The predicted octanol–water partition coefficient (Wildman–Crippen LogP) is 3.84. The normalized spacial score (nSPS) is 12.4. The number of pyridine rings is 1. The molecule has 0 radical (unpaired) electrons. The highest BCUT2D eigenvalue weighted by Gasteiger charge is 2.15. The van der Waals surface area contributed by atoms with Gasteiger partial charge in [0.25, 0.3) is 0 Å². The van der Waals surface area contributed by atoms with Crippen LogP contribution in [-0.4, -0.2) is 11.5 Å². The maximum Gasteiger partial charge on any atom is 0.126 e. The lowest BCUT2D eigenvalue weighted by Crippen LogP contribution is -2.22. The molecular weight excluding hydrogens is 251 g/mol. The van der Waals surface area contributed by atoms with Gasteiger partial charge in [0.15, 0.2) is 0 Å². The van der Waals surface area contributed by atoms with Gasteiger partial charge in [-0.05, 0) is 62.2 Å². The number of rotatable bonds is 4. The molecule has 0 aliphatic heterocycles. The first-order valence-electron chi connectivity index (χ1n) is 6.96. The van der Waals surface area contributed by atoms with Crippen molar-refractivity contribution in [1.29, 1.82) is 0 Å². The topological polar surface area (TPSA) is 24.9 Å². The van der Waals surface area contributed by atoms with E-state index in [1.54, 1.807) is 6.92 Å². The Morgan fingerprint density at radius 3 is 2.25 bits per heavy atom. The number of nitrogens with one attached hydrogen (secondary N) is 1. The predicted molar refractivity (Wildman–Crippen MR) is 80.4 cm³/mol. The quantitative estimate of drug-likeness (QED) is 0.914. The van der Waals surface area contributed by atoms with E-state index in [1.807, 2.05) is 26.0 Å². The van der Waals surface area contributed by atoms with Gasteiger partial charge in [-0.3, -0.25) is 4.98 Å². The van der Waals surface area contributed by atoms with Crippen molar-refractivity contribution in [2.45, 2.75) is 33.7 Å². The summed E-state index contributed by atoms with van der Waals surface area (Å²) in [5, 5.41) is 3.47. The second-order valence-corrected chi connectivity index (χ2v) is 5.18. The van der Waals surface area contributed by atoms with E-state index < -0.39 is 0 Å². The third-order valence-electron chi connectivity index (χ3n) is 3.36. The highest BCUT2D eigenvalue weighted by molar-refractivity contribution is 5.35. The smallest absolute Gasteiger partial charge is 0.126 e. The fourth-order valence-electron chi connectivity index (χ4n) is 2.51. The van der Waals surface area contributed by atoms with Gasteiger partial charge in [0, 0.05) is 11.4 Å². The van der Waals surface area contributed by atoms with Crippen LogP contribution in [0, 0.1) is 26.6 Å². The van der Waals surface area contributed by atoms with Crippen LogP contribution < -0.4 is 5.32 Å². The van der Waals surface area contributed by atoms with Gasteiger partial charge in [-0.25, -0.2) is 4.39 Å². The second-order valence-electron chi connectivity index (χ2n) is 5.18. The Hall–Kier alpha value is -1.74. The molecule has 20 heavy (non-hydrogen) atoms. The molecule has 1 heterocycles. The Morgan fingerprint density at radius 1 is 1.05 bits per heavy atom. The average Bonchev–Trinajstić information content (AvgIpc) is 2.38. The molecule has 1 aromatic heterocycles. The summed E-state index contributed by atoms with van der Waals surface area (Å²) < 4.78 is 13.4. The first-order valence-corrected chi connectivity index (χ1v) is 6.96. The van der Waals surface area contributed by atoms with Crippen molar-refractivity contribution in [3.05, 3.63) is 64.2 Å². The molecule has 1 unspecified atom stereocenters. The summed E-state index contributed by atoms with van der Waals surface area (Å²) in [6.07, 6.45) is 0. The summed E-state index contributed by atoms with van der Waals surface area (Å²) in [7, 11) is 0. The van der Waals surface area contributed by atoms with Gasteiger partial charge in [-0.1, -0.05) is 19.1 Å². The lowest BCUT2D eigenvalue weighted by molar-refractivity contribution is 0.606. The van der Waals surface area contributed by atoms with Gasteiger partial charge in [0.2, 0.25) is 0 Å². The van der Waals surface area contributed by atoms with E-state index in [0.717, 1.165) is 23.5 Å². The lowest BCUT2D eigenvalue weighted by atomic mass is 9.96. The Morgan fingerprint density at radius 2 is 1.70 bits per heavy atom. The van der Waals surface area contributed by atoms with Crippen molar-refractivity contribution in [1.82, 2.24) is 10.3 Å². The summed E-state index contributed by atoms with van der Waals surface area (Å²) in [5.74, 6) is -0.161. The van der Waals surface area contributed by atoms with Crippen LogP contribution in [0.15, 0.2) is 30.3 Å². The zero-order valence-corrected chi connectivity index (χ0v) is 12.5. The third-order valence-corrected chi connectivity index (χ3v) is 3.36. The molecule has 1 atom stereocenters. The van der Waals surface area contributed by atoms with E-state index in [-0.39, 0.29) is 11.9 Å². The summed E-state index contributed by atoms with van der Waals surface area (Å²) in [6, 6.07) is 9.53. The number of hydrogen-bond acceptors (Lipinski definition) is 2. The summed E-state index contributed by atoms with van der Waals surface area (Å²) in [6.45, 7) is 8.71. The Balaban J connectivity index is 2.46. The van der Waals surface area contributed by atoms with Crippen LogP contribution in [0.25, 0.3) is 0 Å². The maximum atomic E-state index is 13.4. The van der Waals surface area contributed by atoms with E-state index in [1.165, 1.54) is 11.6 Å². The molecule has 3 heteroatoms. The van der Waals surface area contributed by atoms with Gasteiger partial charge in [-0.2, -0.15) is 0 Å². The summed E-state index contributed by atoms with van der Waals surface area (Å²) >= 11 is 0. The first-order chi connectivity index (χ1) is 9.51. The summed E-state index contributed by atoms with van der Waals surface area (Å²) in [4.78, 5) is 4.41. The molecule has 1 aromatic carbocycles. The number of halogens is 1. The summed E-state index contributed by atoms with van der Waals surface area (Å²) in [5.41, 5.74) is 4.93. The molecule has 0 fully saturated rings. The third kappa shape index (κ3) is 3.23. The molecule has 0 saturated heterocycles. The molecule has 0 aliphatic rings. The number of benzene rings is 1. The highest BCUT2D eigenvalue weighted by atomic mass is 19.1. The van der Waals surface area contributed by atoms with Crippen molar-refractivity contribution in [3.8, 4) is 0 Å². The largest absolute Gasteiger partial charge is 0.307 e. The SMILES string of the molecule is CCNC(c1cc(C)nc(C)c1)c1ccc(F)c(C)c1. The van der Waals surface area contributed by atoms with Gasteiger partial charge in [-0.15, -0.1) is 0 Å². The van der Waals surface area contributed by atoms with Gasteiger partial charge >= 0.3 is 0 Å². The van der Waals surface area contributed by atoms with Gasteiger partial charge in [0.1, 0.15) is 5.82 Å².